The van der Waals surface area contributed by atoms with E-state index in [0.717, 1.165) is 44.4 Å². The smallest absolute Gasteiger partial charge is 0.472 e. The van der Waals surface area contributed by atoms with Crippen LogP contribution in [0, 0.1) is 5.92 Å². The predicted octanol–water partition coefficient (Wildman–Crippen LogP) is 12.0. The monoisotopic (exact) mass is 1030 g/mol. The molecule has 0 rings (SSSR count). The predicted molar refractivity (Wildman–Crippen MR) is 284 cm³/mol. The molecule has 0 amide bonds. The maximum absolute atomic E-state index is 13.0. The summed E-state index contributed by atoms with van der Waals surface area (Å²) in [6, 6.07) is -1.17. The number of carboxylic acids is 1. The maximum Gasteiger partial charge on any atom is 0.472 e. The second-order valence-electron chi connectivity index (χ2n) is 18.7. The number of phosphoric acid groups is 1. The van der Waals surface area contributed by atoms with Gasteiger partial charge in [0, 0.05) is 23.8 Å². The van der Waals surface area contributed by atoms with E-state index < -0.39 is 81.8 Å². The molecule has 0 aliphatic carbocycles. The van der Waals surface area contributed by atoms with Gasteiger partial charge in [-0.05, 0) is 44.4 Å². The van der Waals surface area contributed by atoms with Crippen molar-refractivity contribution in [1.82, 2.24) is 0 Å². The lowest BCUT2D eigenvalue weighted by molar-refractivity contribution is -0.161. The Hall–Kier alpha value is -2.33. The van der Waals surface area contributed by atoms with Crippen LogP contribution in [0.4, 0.5) is 0 Å². The molecule has 0 heterocycles. The molecular weight excluding hydrogens is 934 g/mol. The quantitative estimate of drug-likeness (QED) is 0.0109. The van der Waals surface area contributed by atoms with Crippen LogP contribution < -0.4 is 5.73 Å². The summed E-state index contributed by atoms with van der Waals surface area (Å²) in [6.45, 7) is 4.19. The van der Waals surface area contributed by atoms with Gasteiger partial charge in [-0.15, -0.1) is 11.8 Å². The number of aliphatic carboxylic acids is 1. The molecule has 70 heavy (non-hydrogen) atoms. The molecule has 7 N–H and O–H groups in total. The van der Waals surface area contributed by atoms with E-state index in [4.69, 9.17) is 34.5 Å². The molecule has 408 valence electrons. The molecular formula is C54H98NO13PS. The molecule has 0 spiro atoms. The fourth-order valence-corrected chi connectivity index (χ4v) is 9.27. The molecule has 7 atom stereocenters. The molecule has 2 unspecified atom stereocenters. The van der Waals surface area contributed by atoms with Gasteiger partial charge in [0.2, 0.25) is 0 Å². The number of phosphoric ester groups is 1. The Morgan fingerprint density at radius 1 is 0.671 bits per heavy atom. The third-order valence-corrected chi connectivity index (χ3v) is 14.4. The first-order valence-corrected chi connectivity index (χ1v) is 29.5. The van der Waals surface area contributed by atoms with Crippen molar-refractivity contribution in [3.63, 3.8) is 0 Å². The third-order valence-electron chi connectivity index (χ3n) is 12.0. The van der Waals surface area contributed by atoms with Crippen molar-refractivity contribution in [2.75, 3.05) is 32.2 Å². The first-order chi connectivity index (χ1) is 33.7. The van der Waals surface area contributed by atoms with Gasteiger partial charge in [0.05, 0.1) is 25.9 Å². The Kier molecular flexibility index (Phi) is 46.1. The number of rotatable bonds is 50. The summed E-state index contributed by atoms with van der Waals surface area (Å²) in [6.07, 6.45) is 42.5. The molecule has 0 aromatic heterocycles. The number of hydrogen-bond acceptors (Lipinski definition) is 13. The number of carbonyl (C=O) groups is 3. The van der Waals surface area contributed by atoms with Crippen molar-refractivity contribution < 1.29 is 62.8 Å². The highest BCUT2D eigenvalue weighted by Gasteiger charge is 2.28. The molecule has 0 aromatic rings. The van der Waals surface area contributed by atoms with Crippen LogP contribution in [0.5, 0.6) is 0 Å². The number of aliphatic hydroxyl groups excluding tert-OH is 3. The molecule has 14 nitrogen and oxygen atoms in total. The second kappa shape index (κ2) is 47.7. The van der Waals surface area contributed by atoms with E-state index in [-0.39, 0.29) is 31.4 Å². The lowest BCUT2D eigenvalue weighted by Crippen LogP contribution is -2.38. The van der Waals surface area contributed by atoms with Gasteiger partial charge in [0.25, 0.3) is 0 Å². The SMILES string of the molecule is CCCCC/C=C\C\C=C/C=C/C=C/[C@@H](SC[C@H](N)C(=O)OC[C@H](COP(=O)(O)OC[C@@H](O)CO)OC(=O)CCCCCCCCCCCCCCCCCCCCC(C)CC)[C@@H](O)CCCC(=O)O. The number of hydrogen-bond donors (Lipinski definition) is 6. The highest BCUT2D eigenvalue weighted by molar-refractivity contribution is 8.00. The van der Waals surface area contributed by atoms with Crippen molar-refractivity contribution in [3.05, 3.63) is 48.6 Å². The van der Waals surface area contributed by atoms with Crippen LogP contribution >= 0.6 is 19.6 Å². The van der Waals surface area contributed by atoms with Crippen molar-refractivity contribution in [2.45, 2.75) is 237 Å². The topological polar surface area (TPSA) is 232 Å². The lowest BCUT2D eigenvalue weighted by Gasteiger charge is -2.22. The summed E-state index contributed by atoms with van der Waals surface area (Å²) >= 11 is 1.20. The largest absolute Gasteiger partial charge is 0.481 e. The fraction of sp³-hybridized carbons (Fsp3) is 0.796. The van der Waals surface area contributed by atoms with Gasteiger partial charge < -0.3 is 40.5 Å². The lowest BCUT2D eigenvalue weighted by atomic mass is 9.99. The normalized spacial score (nSPS) is 15.7. The zero-order chi connectivity index (χ0) is 51.9. The summed E-state index contributed by atoms with van der Waals surface area (Å²) in [5, 5.41) is 38.0. The molecule has 0 saturated heterocycles. The molecule has 0 radical (unpaired) electrons. The standard InChI is InChI=1S/C54H98NO13PS/c1-4-6-7-8-9-10-11-21-24-27-30-33-38-51(50(58)37-35-39-52(59)60)70-45-49(55)54(62)65-43-48(44-67-69(63,64)66-42-47(57)41-56)68-53(61)40-34-31-28-25-22-19-17-15-13-12-14-16-18-20-23-26-29-32-36-46(3)5-2/h9-10,21,24,27,30,33,38,46-51,56-58H,4-8,11-20,22-23,25-26,28-29,31-32,34-37,39-45,55H2,1-3H3,(H,59,60)(H,63,64)/b10-9-,24-21-,30-27+,38-33+/t46?,47-,48+,49-,50-,51+/m0/s1. The minimum Gasteiger partial charge on any atom is -0.481 e. The summed E-state index contributed by atoms with van der Waals surface area (Å²) in [5.74, 6) is -1.53. The van der Waals surface area contributed by atoms with Crippen LogP contribution in [0.3, 0.4) is 0 Å². The number of carbonyl (C=O) groups excluding carboxylic acids is 2. The third kappa shape index (κ3) is 44.4. The molecule has 16 heteroatoms. The van der Waals surface area contributed by atoms with Gasteiger partial charge in [-0.2, -0.15) is 0 Å². The number of carboxylic acid groups (broad SMARTS) is 1. The van der Waals surface area contributed by atoms with Crippen LogP contribution in [0.1, 0.15) is 207 Å². The summed E-state index contributed by atoms with van der Waals surface area (Å²) < 4.78 is 33.0. The first kappa shape index (κ1) is 67.7. The van der Waals surface area contributed by atoms with Gasteiger partial charge in [-0.3, -0.25) is 23.4 Å². The minimum absolute atomic E-state index is 0.0188. The van der Waals surface area contributed by atoms with Gasteiger partial charge in [0.15, 0.2) is 6.10 Å². The highest BCUT2D eigenvalue weighted by atomic mass is 32.2. The van der Waals surface area contributed by atoms with E-state index in [1.165, 1.54) is 127 Å². The van der Waals surface area contributed by atoms with E-state index in [2.05, 4.69) is 32.9 Å². The minimum atomic E-state index is -4.76. The number of allylic oxidation sites excluding steroid dienone is 7. The number of ether oxygens (including phenoxy) is 2. The highest BCUT2D eigenvalue weighted by Crippen LogP contribution is 2.43. The Balaban J connectivity index is 4.90. The average molecular weight is 1030 g/mol. The summed E-state index contributed by atoms with van der Waals surface area (Å²) in [7, 11) is -4.76. The maximum atomic E-state index is 13.0. The van der Waals surface area contributed by atoms with Crippen molar-refractivity contribution in [2.24, 2.45) is 11.7 Å². The van der Waals surface area contributed by atoms with Gasteiger partial charge >= 0.3 is 25.7 Å². The Bertz CT molecular complexity index is 1450. The van der Waals surface area contributed by atoms with E-state index >= 15 is 0 Å². The molecule has 0 aromatic carbocycles. The summed E-state index contributed by atoms with van der Waals surface area (Å²) in [4.78, 5) is 47.1. The first-order valence-electron chi connectivity index (χ1n) is 26.9. The molecule has 0 aliphatic heterocycles. The zero-order valence-corrected chi connectivity index (χ0v) is 45.3. The Labute approximate surface area is 427 Å². The van der Waals surface area contributed by atoms with E-state index in [1.54, 1.807) is 12.2 Å². The van der Waals surface area contributed by atoms with Crippen molar-refractivity contribution in [1.29, 1.82) is 0 Å². The van der Waals surface area contributed by atoms with Crippen LogP contribution in [0.2, 0.25) is 0 Å². The Morgan fingerprint density at radius 2 is 1.24 bits per heavy atom. The van der Waals surface area contributed by atoms with Crippen LogP contribution in [0.25, 0.3) is 0 Å². The second-order valence-corrected chi connectivity index (χ2v) is 21.4. The molecule has 0 aliphatic rings. The molecule has 0 bridgehead atoms. The van der Waals surface area contributed by atoms with Crippen molar-refractivity contribution >= 4 is 37.5 Å². The van der Waals surface area contributed by atoms with E-state index in [1.807, 2.05) is 24.3 Å². The van der Waals surface area contributed by atoms with Crippen LogP contribution in [-0.4, -0.2) is 105 Å². The number of esters is 2. The number of unbranched alkanes of at least 4 members (excludes halogenated alkanes) is 20. The number of thioether (sulfide) groups is 1. The zero-order valence-electron chi connectivity index (χ0n) is 43.6. The van der Waals surface area contributed by atoms with Gasteiger partial charge in [-0.25, -0.2) is 4.57 Å². The van der Waals surface area contributed by atoms with Gasteiger partial charge in [0.1, 0.15) is 18.8 Å². The van der Waals surface area contributed by atoms with E-state index in [9.17, 15) is 34.1 Å². The molecule has 0 saturated carbocycles. The molecule has 0 fully saturated rings. The van der Waals surface area contributed by atoms with Crippen molar-refractivity contribution in [3.8, 4) is 0 Å². The number of aliphatic hydroxyl groups is 3. The summed E-state index contributed by atoms with van der Waals surface area (Å²) in [5.41, 5.74) is 6.18. The fourth-order valence-electron chi connectivity index (χ4n) is 7.35. The van der Waals surface area contributed by atoms with Gasteiger partial charge in [-0.1, -0.05) is 204 Å². The van der Waals surface area contributed by atoms with E-state index in [0.29, 0.717) is 6.42 Å². The van der Waals surface area contributed by atoms with Crippen LogP contribution in [-0.2, 0) is 37.5 Å². The van der Waals surface area contributed by atoms with Crippen LogP contribution in [0.15, 0.2) is 48.6 Å². The average Bonchev–Trinajstić information content (AvgIpc) is 3.34. The Morgan fingerprint density at radius 3 is 1.81 bits per heavy atom. The number of nitrogens with two attached hydrogens (primary N) is 1.